The van der Waals surface area contributed by atoms with Crippen molar-refractivity contribution in [3.8, 4) is 0 Å². The van der Waals surface area contributed by atoms with Crippen molar-refractivity contribution in [3.05, 3.63) is 35.9 Å². The zero-order valence-electron chi connectivity index (χ0n) is 12.2. The number of nitrogens with zero attached hydrogens (tertiary/aromatic N) is 1. The van der Waals surface area contributed by atoms with Crippen LogP contribution in [-0.4, -0.2) is 36.0 Å². The van der Waals surface area contributed by atoms with Gasteiger partial charge in [0.25, 0.3) is 0 Å². The Bertz CT molecular complexity index is 447. The Morgan fingerprint density at radius 3 is 2.40 bits per heavy atom. The molecule has 0 radical (unpaired) electrons. The predicted molar refractivity (Wildman–Crippen MR) is 80.6 cm³/mol. The van der Waals surface area contributed by atoms with Crippen LogP contribution in [0.15, 0.2) is 30.3 Å². The number of amides is 1. The van der Waals surface area contributed by atoms with Crippen molar-refractivity contribution in [3.63, 3.8) is 0 Å². The highest BCUT2D eigenvalue weighted by atomic mass is 16.2. The summed E-state index contributed by atoms with van der Waals surface area (Å²) in [5.74, 6) is 0.872. The molecule has 1 amide bonds. The van der Waals surface area contributed by atoms with Crippen LogP contribution in [-0.2, 0) is 4.79 Å². The number of carbonyl (C=O) groups excluding carboxylic acids is 1. The summed E-state index contributed by atoms with van der Waals surface area (Å²) in [6.07, 6.45) is 4.64. The highest BCUT2D eigenvalue weighted by molar-refractivity contribution is 5.81. The molecule has 3 heteroatoms. The van der Waals surface area contributed by atoms with Gasteiger partial charge in [-0.3, -0.25) is 9.69 Å². The Balaban J connectivity index is 1.51. The molecule has 1 N–H and O–H groups in total. The second-order valence-corrected chi connectivity index (χ2v) is 6.18. The van der Waals surface area contributed by atoms with Gasteiger partial charge in [0, 0.05) is 6.04 Å². The minimum absolute atomic E-state index is 0.0207. The summed E-state index contributed by atoms with van der Waals surface area (Å²) in [5, 5.41) is 3.11. The average Bonchev–Trinajstić information content (AvgIpc) is 3.31. The topological polar surface area (TPSA) is 32.3 Å². The van der Waals surface area contributed by atoms with Gasteiger partial charge in [0.15, 0.2) is 0 Å². The van der Waals surface area contributed by atoms with Gasteiger partial charge in [-0.2, -0.15) is 0 Å². The smallest absolute Gasteiger partial charge is 0.237 e. The molecule has 20 heavy (non-hydrogen) atoms. The molecule has 0 unspecified atom stereocenters. The Kier molecular flexibility index (Phi) is 4.06. The molecule has 2 fully saturated rings. The van der Waals surface area contributed by atoms with Crippen LogP contribution >= 0.6 is 0 Å². The lowest BCUT2D eigenvalue weighted by molar-refractivity contribution is -0.126. The maximum absolute atomic E-state index is 12.1. The van der Waals surface area contributed by atoms with Crippen molar-refractivity contribution in [2.24, 2.45) is 0 Å². The van der Waals surface area contributed by atoms with Crippen LogP contribution in [0, 0.1) is 0 Å². The summed E-state index contributed by atoms with van der Waals surface area (Å²) in [7, 11) is 0. The van der Waals surface area contributed by atoms with Gasteiger partial charge >= 0.3 is 0 Å². The minimum atomic E-state index is 0.0207. The number of rotatable bonds is 4. The van der Waals surface area contributed by atoms with Crippen LogP contribution in [0.1, 0.15) is 44.1 Å². The number of hydrogen-bond acceptors (Lipinski definition) is 2. The van der Waals surface area contributed by atoms with Crippen molar-refractivity contribution < 1.29 is 4.79 Å². The fraction of sp³-hybridized carbons (Fsp3) is 0.588. The van der Waals surface area contributed by atoms with E-state index in [1.165, 1.54) is 5.56 Å². The molecule has 3 nitrogen and oxygen atoms in total. The van der Waals surface area contributed by atoms with E-state index >= 15 is 0 Å². The SMILES string of the molecule is C[C@@H](C(=O)NC1CC1)N1CCC(c2ccccc2)CC1. The lowest BCUT2D eigenvalue weighted by atomic mass is 9.89. The van der Waals surface area contributed by atoms with Crippen molar-refractivity contribution in [1.82, 2.24) is 10.2 Å². The molecule has 1 aliphatic heterocycles. The number of nitrogens with one attached hydrogen (secondary N) is 1. The maximum atomic E-state index is 12.1. The van der Waals surface area contributed by atoms with Crippen LogP contribution in [0.25, 0.3) is 0 Å². The summed E-state index contributed by atoms with van der Waals surface area (Å²) in [6.45, 7) is 4.10. The second-order valence-electron chi connectivity index (χ2n) is 6.18. The largest absolute Gasteiger partial charge is 0.352 e. The van der Waals surface area contributed by atoms with Crippen LogP contribution in [0.2, 0.25) is 0 Å². The van der Waals surface area contributed by atoms with Gasteiger partial charge in [-0.15, -0.1) is 0 Å². The first-order valence-electron chi connectivity index (χ1n) is 7.83. The van der Waals surface area contributed by atoms with Crippen LogP contribution in [0.4, 0.5) is 0 Å². The monoisotopic (exact) mass is 272 g/mol. The Labute approximate surface area is 121 Å². The first-order valence-corrected chi connectivity index (χ1v) is 7.83. The third-order valence-electron chi connectivity index (χ3n) is 4.65. The van der Waals surface area contributed by atoms with Crippen LogP contribution in [0.5, 0.6) is 0 Å². The molecule has 108 valence electrons. The summed E-state index contributed by atoms with van der Waals surface area (Å²) < 4.78 is 0. The van der Waals surface area contributed by atoms with E-state index in [0.717, 1.165) is 38.8 Å². The Morgan fingerprint density at radius 2 is 1.80 bits per heavy atom. The molecule has 1 atom stereocenters. The highest BCUT2D eigenvalue weighted by Crippen LogP contribution is 2.28. The van der Waals surface area contributed by atoms with Gasteiger partial charge in [-0.1, -0.05) is 30.3 Å². The lowest BCUT2D eigenvalue weighted by Gasteiger charge is -2.35. The molecule has 0 bridgehead atoms. The van der Waals surface area contributed by atoms with Crippen molar-refractivity contribution in [2.45, 2.75) is 50.6 Å². The fourth-order valence-electron chi connectivity index (χ4n) is 3.06. The van der Waals surface area contributed by atoms with Crippen LogP contribution in [0.3, 0.4) is 0 Å². The van der Waals surface area contributed by atoms with Gasteiger partial charge in [0.05, 0.1) is 6.04 Å². The minimum Gasteiger partial charge on any atom is -0.352 e. The number of carbonyl (C=O) groups is 1. The second kappa shape index (κ2) is 5.96. The Morgan fingerprint density at radius 1 is 1.15 bits per heavy atom. The normalized spacial score (nSPS) is 22.4. The molecule has 1 aromatic rings. The van der Waals surface area contributed by atoms with E-state index in [4.69, 9.17) is 0 Å². The van der Waals surface area contributed by atoms with Crippen molar-refractivity contribution in [1.29, 1.82) is 0 Å². The van der Waals surface area contributed by atoms with Gasteiger partial charge in [-0.25, -0.2) is 0 Å². The first kappa shape index (κ1) is 13.6. The number of hydrogen-bond donors (Lipinski definition) is 1. The van der Waals surface area contributed by atoms with Crippen molar-refractivity contribution in [2.75, 3.05) is 13.1 Å². The van der Waals surface area contributed by atoms with Gasteiger partial charge < -0.3 is 5.32 Å². The first-order chi connectivity index (χ1) is 9.74. The number of likely N-dealkylation sites (tertiary alicyclic amines) is 1. The van der Waals surface area contributed by atoms with E-state index in [2.05, 4.69) is 40.5 Å². The van der Waals surface area contributed by atoms with E-state index in [9.17, 15) is 4.79 Å². The van der Waals surface area contributed by atoms with E-state index in [1.54, 1.807) is 0 Å². The predicted octanol–water partition coefficient (Wildman–Crippen LogP) is 2.53. The maximum Gasteiger partial charge on any atom is 0.237 e. The molecule has 1 heterocycles. The third-order valence-corrected chi connectivity index (χ3v) is 4.65. The highest BCUT2D eigenvalue weighted by Gasteiger charge is 2.30. The zero-order chi connectivity index (χ0) is 13.9. The van der Waals surface area contributed by atoms with Gasteiger partial charge in [0.1, 0.15) is 0 Å². The third kappa shape index (κ3) is 3.21. The molecule has 1 aromatic carbocycles. The van der Waals surface area contributed by atoms with E-state index < -0.39 is 0 Å². The summed E-state index contributed by atoms with van der Waals surface area (Å²) in [6, 6.07) is 11.2. The molecule has 1 aliphatic carbocycles. The zero-order valence-corrected chi connectivity index (χ0v) is 12.2. The van der Waals surface area contributed by atoms with Gasteiger partial charge in [0.2, 0.25) is 5.91 Å². The molecule has 1 saturated carbocycles. The molecule has 2 aliphatic rings. The summed E-state index contributed by atoms with van der Waals surface area (Å²) in [5.41, 5.74) is 1.45. The lowest BCUT2D eigenvalue weighted by Crippen LogP contribution is -2.48. The van der Waals surface area contributed by atoms with Gasteiger partial charge in [-0.05, 0) is 57.2 Å². The van der Waals surface area contributed by atoms with Crippen LogP contribution < -0.4 is 5.32 Å². The Hall–Kier alpha value is -1.35. The summed E-state index contributed by atoms with van der Waals surface area (Å²) in [4.78, 5) is 14.4. The summed E-state index contributed by atoms with van der Waals surface area (Å²) >= 11 is 0. The number of benzene rings is 1. The molecule has 0 aromatic heterocycles. The fourth-order valence-corrected chi connectivity index (χ4v) is 3.06. The molecular formula is C17H24N2O. The van der Waals surface area contributed by atoms with E-state index in [0.29, 0.717) is 12.0 Å². The molecular weight excluding hydrogens is 248 g/mol. The van der Waals surface area contributed by atoms with Crippen molar-refractivity contribution >= 4 is 5.91 Å². The molecule has 1 saturated heterocycles. The quantitative estimate of drug-likeness (QED) is 0.913. The standard InChI is InChI=1S/C17H24N2O/c1-13(17(20)18-16-7-8-16)19-11-9-15(10-12-19)14-5-3-2-4-6-14/h2-6,13,15-16H,7-12H2,1H3,(H,18,20)/t13-/m0/s1. The van der Waals surface area contributed by atoms with E-state index in [-0.39, 0.29) is 11.9 Å². The molecule has 3 rings (SSSR count). The molecule has 0 spiro atoms. The average molecular weight is 272 g/mol. The number of piperidine rings is 1. The van der Waals surface area contributed by atoms with E-state index in [1.807, 2.05) is 6.92 Å².